The van der Waals surface area contributed by atoms with E-state index in [1.165, 1.54) is 0 Å². The Kier molecular flexibility index (Phi) is 6.87. The van der Waals surface area contributed by atoms with Crippen LogP contribution < -0.4 is 5.32 Å². The lowest BCUT2D eigenvalue weighted by molar-refractivity contribution is -0.121. The first-order valence-electron chi connectivity index (χ1n) is 5.37. The van der Waals surface area contributed by atoms with Crippen molar-refractivity contribution in [2.75, 3.05) is 6.54 Å². The van der Waals surface area contributed by atoms with E-state index < -0.39 is 0 Å². The van der Waals surface area contributed by atoms with Crippen molar-refractivity contribution < 1.29 is 4.79 Å². The molecule has 0 aliphatic rings. The average molecular weight is 185 g/mol. The van der Waals surface area contributed by atoms with Crippen LogP contribution in [-0.2, 0) is 4.79 Å². The summed E-state index contributed by atoms with van der Waals surface area (Å²) < 4.78 is 0. The predicted octanol–water partition coefficient (Wildman–Crippen LogP) is 2.38. The van der Waals surface area contributed by atoms with Crippen LogP contribution in [0.2, 0.25) is 0 Å². The van der Waals surface area contributed by atoms with E-state index in [1.54, 1.807) is 0 Å². The lowest BCUT2D eigenvalue weighted by Gasteiger charge is -2.13. The number of hydrogen-bond donors (Lipinski definition) is 1. The van der Waals surface area contributed by atoms with Gasteiger partial charge in [-0.2, -0.15) is 0 Å². The minimum Gasteiger partial charge on any atom is -0.308 e. The van der Waals surface area contributed by atoms with Crippen molar-refractivity contribution in [1.29, 1.82) is 0 Å². The Morgan fingerprint density at radius 2 is 1.92 bits per heavy atom. The van der Waals surface area contributed by atoms with Crippen molar-refractivity contribution in [2.45, 2.75) is 53.0 Å². The van der Waals surface area contributed by atoms with E-state index in [2.05, 4.69) is 26.1 Å². The van der Waals surface area contributed by atoms with Gasteiger partial charge in [0.1, 0.15) is 5.78 Å². The normalized spacial score (nSPS) is 15.4. The molecule has 0 bridgehead atoms. The van der Waals surface area contributed by atoms with Crippen LogP contribution in [-0.4, -0.2) is 18.4 Å². The van der Waals surface area contributed by atoms with Crippen molar-refractivity contribution in [1.82, 2.24) is 5.32 Å². The van der Waals surface area contributed by atoms with Gasteiger partial charge in [-0.25, -0.2) is 0 Å². The third-order valence-electron chi connectivity index (χ3n) is 2.51. The fourth-order valence-electron chi connectivity index (χ4n) is 1.19. The van der Waals surface area contributed by atoms with Crippen molar-refractivity contribution in [2.24, 2.45) is 5.92 Å². The predicted molar refractivity (Wildman–Crippen MR) is 56.8 cm³/mol. The lowest BCUT2D eigenvalue weighted by Crippen LogP contribution is -2.33. The summed E-state index contributed by atoms with van der Waals surface area (Å²) in [5, 5.41) is 3.22. The van der Waals surface area contributed by atoms with Gasteiger partial charge in [0.25, 0.3) is 0 Å². The van der Waals surface area contributed by atoms with Crippen LogP contribution in [0.4, 0.5) is 0 Å². The molecule has 2 atom stereocenters. The zero-order chi connectivity index (χ0) is 10.3. The number of nitrogens with one attached hydrogen (secondary N) is 1. The zero-order valence-electron chi connectivity index (χ0n) is 9.39. The molecule has 78 valence electrons. The Hall–Kier alpha value is -0.370. The van der Waals surface area contributed by atoms with Gasteiger partial charge in [0.2, 0.25) is 0 Å². The molecule has 0 amide bonds. The maximum atomic E-state index is 11.5. The Morgan fingerprint density at radius 3 is 2.38 bits per heavy atom. The van der Waals surface area contributed by atoms with E-state index >= 15 is 0 Å². The molecule has 0 saturated heterocycles. The monoisotopic (exact) mass is 185 g/mol. The Bertz CT molecular complexity index is 145. The molecular formula is C11H23NO. The number of hydrogen-bond acceptors (Lipinski definition) is 2. The second kappa shape index (κ2) is 7.07. The number of Topliss-reactive ketones (excluding diaryl/α,β-unsaturated/α-hetero) is 1. The lowest BCUT2D eigenvalue weighted by atomic mass is 10.0. The molecule has 0 aromatic carbocycles. The molecule has 0 rings (SSSR count). The molecule has 0 aliphatic carbocycles. The highest BCUT2D eigenvalue weighted by Crippen LogP contribution is 2.05. The molecule has 0 heterocycles. The summed E-state index contributed by atoms with van der Waals surface area (Å²) >= 11 is 0. The van der Waals surface area contributed by atoms with E-state index in [-0.39, 0.29) is 5.92 Å². The van der Waals surface area contributed by atoms with Gasteiger partial charge < -0.3 is 5.32 Å². The zero-order valence-corrected chi connectivity index (χ0v) is 9.39. The fourth-order valence-corrected chi connectivity index (χ4v) is 1.19. The van der Waals surface area contributed by atoms with Gasteiger partial charge in [-0.1, -0.05) is 27.2 Å². The van der Waals surface area contributed by atoms with E-state index in [0.717, 1.165) is 19.3 Å². The van der Waals surface area contributed by atoms with Crippen molar-refractivity contribution in [3.05, 3.63) is 0 Å². The molecule has 0 saturated carbocycles. The number of rotatable bonds is 7. The molecule has 13 heavy (non-hydrogen) atoms. The first-order valence-corrected chi connectivity index (χ1v) is 5.37. The topological polar surface area (TPSA) is 29.1 Å². The van der Waals surface area contributed by atoms with Crippen molar-refractivity contribution in [3.8, 4) is 0 Å². The second-order valence-electron chi connectivity index (χ2n) is 3.85. The van der Waals surface area contributed by atoms with Gasteiger partial charge >= 0.3 is 0 Å². The standard InChI is InChI=1S/C11H23NO/c1-5-7-9(3)11(13)8-12-10(4)6-2/h9-10,12H,5-8H2,1-4H3. The van der Waals surface area contributed by atoms with E-state index in [0.29, 0.717) is 18.4 Å². The van der Waals surface area contributed by atoms with Crippen LogP contribution in [0.3, 0.4) is 0 Å². The highest BCUT2D eigenvalue weighted by molar-refractivity contribution is 5.82. The number of carbonyl (C=O) groups is 1. The van der Waals surface area contributed by atoms with Gasteiger partial charge in [0, 0.05) is 12.0 Å². The van der Waals surface area contributed by atoms with Crippen LogP contribution in [0.15, 0.2) is 0 Å². The van der Waals surface area contributed by atoms with Gasteiger partial charge in [-0.3, -0.25) is 4.79 Å². The third-order valence-corrected chi connectivity index (χ3v) is 2.51. The van der Waals surface area contributed by atoms with Crippen LogP contribution in [0.25, 0.3) is 0 Å². The van der Waals surface area contributed by atoms with E-state index in [9.17, 15) is 4.79 Å². The summed E-state index contributed by atoms with van der Waals surface area (Å²) in [5.74, 6) is 0.573. The average Bonchev–Trinajstić information content (AvgIpc) is 2.13. The largest absolute Gasteiger partial charge is 0.308 e. The SMILES string of the molecule is CCCC(C)C(=O)CNC(C)CC. The van der Waals surface area contributed by atoms with Gasteiger partial charge in [-0.15, -0.1) is 0 Å². The van der Waals surface area contributed by atoms with Crippen LogP contribution in [0, 0.1) is 5.92 Å². The summed E-state index contributed by atoms with van der Waals surface area (Å²) in [6.07, 6.45) is 3.19. The fraction of sp³-hybridized carbons (Fsp3) is 0.909. The molecule has 0 aromatic rings. The maximum Gasteiger partial charge on any atom is 0.149 e. The summed E-state index contributed by atoms with van der Waals surface area (Å²) in [4.78, 5) is 11.5. The summed E-state index contributed by atoms with van der Waals surface area (Å²) in [6, 6.07) is 0.456. The minimum atomic E-state index is 0.224. The third kappa shape index (κ3) is 5.81. The van der Waals surface area contributed by atoms with Crippen molar-refractivity contribution in [3.63, 3.8) is 0 Å². The molecule has 0 fully saturated rings. The molecule has 1 N–H and O–H groups in total. The first kappa shape index (κ1) is 12.6. The van der Waals surface area contributed by atoms with E-state index in [4.69, 9.17) is 0 Å². The number of ketones is 1. The van der Waals surface area contributed by atoms with Crippen LogP contribution >= 0.6 is 0 Å². The van der Waals surface area contributed by atoms with Gasteiger partial charge in [0.15, 0.2) is 0 Å². The van der Waals surface area contributed by atoms with E-state index in [1.807, 2.05) is 6.92 Å². The molecular weight excluding hydrogens is 162 g/mol. The first-order chi connectivity index (χ1) is 6.11. The molecule has 0 spiro atoms. The summed E-state index contributed by atoms with van der Waals surface area (Å²) in [5.41, 5.74) is 0. The Labute approximate surface area is 82.1 Å². The maximum absolute atomic E-state index is 11.5. The smallest absolute Gasteiger partial charge is 0.149 e. The highest BCUT2D eigenvalue weighted by atomic mass is 16.1. The Balaban J connectivity index is 3.61. The quantitative estimate of drug-likeness (QED) is 0.660. The van der Waals surface area contributed by atoms with Crippen LogP contribution in [0.1, 0.15) is 47.0 Å². The molecule has 2 nitrogen and oxygen atoms in total. The minimum absolute atomic E-state index is 0.224. The molecule has 0 aliphatic heterocycles. The molecule has 2 heteroatoms. The van der Waals surface area contributed by atoms with Crippen LogP contribution in [0.5, 0.6) is 0 Å². The summed E-state index contributed by atoms with van der Waals surface area (Å²) in [7, 11) is 0. The highest BCUT2D eigenvalue weighted by Gasteiger charge is 2.11. The van der Waals surface area contributed by atoms with Gasteiger partial charge in [0.05, 0.1) is 6.54 Å². The van der Waals surface area contributed by atoms with Crippen molar-refractivity contribution >= 4 is 5.78 Å². The number of carbonyl (C=O) groups excluding carboxylic acids is 1. The summed E-state index contributed by atoms with van der Waals surface area (Å²) in [6.45, 7) is 8.90. The van der Waals surface area contributed by atoms with Gasteiger partial charge in [-0.05, 0) is 19.8 Å². The Morgan fingerprint density at radius 1 is 1.31 bits per heavy atom. The second-order valence-corrected chi connectivity index (χ2v) is 3.85. The molecule has 0 aromatic heterocycles. The molecule has 2 unspecified atom stereocenters. The molecule has 0 radical (unpaired) electrons.